The first-order valence-corrected chi connectivity index (χ1v) is 14.5. The summed E-state index contributed by atoms with van der Waals surface area (Å²) in [7, 11) is 0. The van der Waals surface area contributed by atoms with E-state index in [4.69, 9.17) is 4.74 Å². The molecular formula is C31H33F5N2O4. The second-order valence-corrected chi connectivity index (χ2v) is 12.1. The molecule has 1 N–H and O–H groups in total. The third-order valence-corrected chi connectivity index (χ3v) is 9.56. The van der Waals surface area contributed by atoms with Crippen LogP contribution in [0.2, 0.25) is 0 Å². The van der Waals surface area contributed by atoms with E-state index in [1.54, 1.807) is 6.07 Å². The number of carbonyl (C=O) groups is 2. The minimum Gasteiger partial charge on any atom is -0.478 e. The highest BCUT2D eigenvalue weighted by atomic mass is 19.4. The number of carboxylic acids is 1. The van der Waals surface area contributed by atoms with Crippen LogP contribution in [0, 0.1) is 11.7 Å². The van der Waals surface area contributed by atoms with E-state index < -0.39 is 35.3 Å². The zero-order valence-electron chi connectivity index (χ0n) is 23.0. The highest BCUT2D eigenvalue weighted by Crippen LogP contribution is 2.49. The first-order chi connectivity index (χ1) is 20.0. The van der Waals surface area contributed by atoms with E-state index in [2.05, 4.69) is 4.90 Å². The van der Waals surface area contributed by atoms with Crippen LogP contribution in [0.3, 0.4) is 0 Å². The van der Waals surface area contributed by atoms with E-state index in [0.29, 0.717) is 19.4 Å². The Hall–Kier alpha value is -3.05. The fourth-order valence-corrected chi connectivity index (χ4v) is 7.05. The Morgan fingerprint density at radius 1 is 1.00 bits per heavy atom. The number of carbonyl (C=O) groups excluding carboxylic acids is 1. The van der Waals surface area contributed by atoms with Gasteiger partial charge in [-0.3, -0.25) is 9.69 Å². The number of nitrogens with zero attached hydrogens (tertiary/aromatic N) is 2. The van der Waals surface area contributed by atoms with Gasteiger partial charge in [-0.1, -0.05) is 12.1 Å². The van der Waals surface area contributed by atoms with Crippen molar-refractivity contribution in [2.75, 3.05) is 26.2 Å². The number of amides is 1. The van der Waals surface area contributed by atoms with Crippen molar-refractivity contribution in [2.24, 2.45) is 5.92 Å². The van der Waals surface area contributed by atoms with Crippen LogP contribution in [-0.4, -0.2) is 64.7 Å². The topological polar surface area (TPSA) is 70.1 Å². The molecule has 0 spiro atoms. The van der Waals surface area contributed by atoms with E-state index in [9.17, 15) is 32.3 Å². The summed E-state index contributed by atoms with van der Waals surface area (Å²) in [5.74, 6) is -2.25. The predicted molar refractivity (Wildman–Crippen MR) is 142 cm³/mol. The van der Waals surface area contributed by atoms with Crippen molar-refractivity contribution in [2.45, 2.75) is 75.0 Å². The van der Waals surface area contributed by atoms with Gasteiger partial charge < -0.3 is 14.7 Å². The molecule has 1 amide bonds. The molecule has 11 heteroatoms. The number of alkyl halides is 4. The van der Waals surface area contributed by atoms with Gasteiger partial charge in [0.15, 0.2) is 0 Å². The Morgan fingerprint density at radius 2 is 1.74 bits per heavy atom. The number of ether oxygens (including phenoxy) is 1. The maximum Gasteiger partial charge on any atom is 0.416 e. The average Bonchev–Trinajstić information content (AvgIpc) is 3.83. The normalized spacial score (nSPS) is 27.5. The molecule has 1 unspecified atom stereocenters. The maximum atomic E-state index is 15.1. The molecule has 3 aliphatic heterocycles. The number of carboxylic acid groups (broad SMARTS) is 1. The lowest BCUT2D eigenvalue weighted by Gasteiger charge is -2.47. The smallest absolute Gasteiger partial charge is 0.416 e. The number of benzene rings is 2. The van der Waals surface area contributed by atoms with Crippen molar-refractivity contribution in [1.82, 2.24) is 9.80 Å². The molecule has 2 aromatic carbocycles. The Labute approximate surface area is 240 Å². The quantitative estimate of drug-likeness (QED) is 0.425. The monoisotopic (exact) mass is 592 g/mol. The van der Waals surface area contributed by atoms with Crippen LogP contribution in [0.5, 0.6) is 0 Å². The van der Waals surface area contributed by atoms with Crippen molar-refractivity contribution in [3.05, 3.63) is 70.0 Å². The first-order valence-electron chi connectivity index (χ1n) is 14.5. The molecule has 6 rings (SSSR count). The van der Waals surface area contributed by atoms with Crippen molar-refractivity contribution < 1.29 is 41.4 Å². The van der Waals surface area contributed by atoms with Gasteiger partial charge in [0.2, 0.25) is 0 Å². The molecule has 6 nitrogen and oxygen atoms in total. The van der Waals surface area contributed by atoms with E-state index in [0.717, 1.165) is 56.5 Å². The molecule has 0 aromatic heterocycles. The summed E-state index contributed by atoms with van der Waals surface area (Å²) >= 11 is 0. The molecule has 1 saturated carbocycles. The summed E-state index contributed by atoms with van der Waals surface area (Å²) in [6.45, 7) is 1.53. The highest BCUT2D eigenvalue weighted by molar-refractivity contribution is 5.88. The summed E-state index contributed by atoms with van der Waals surface area (Å²) in [5, 5.41) is 9.26. The van der Waals surface area contributed by atoms with Gasteiger partial charge in [-0.15, -0.1) is 0 Å². The second-order valence-electron chi connectivity index (χ2n) is 12.1. The summed E-state index contributed by atoms with van der Waals surface area (Å²) in [6, 6.07) is 7.35. The Morgan fingerprint density at radius 3 is 2.36 bits per heavy atom. The lowest BCUT2D eigenvalue weighted by Crippen LogP contribution is -2.59. The maximum absolute atomic E-state index is 15.1. The summed E-state index contributed by atoms with van der Waals surface area (Å²) < 4.78 is 75.2. The summed E-state index contributed by atoms with van der Waals surface area (Å²) in [4.78, 5) is 28.9. The van der Waals surface area contributed by atoms with Gasteiger partial charge in [0, 0.05) is 12.6 Å². The van der Waals surface area contributed by atoms with Crippen molar-refractivity contribution >= 4 is 11.9 Å². The van der Waals surface area contributed by atoms with E-state index in [-0.39, 0.29) is 53.6 Å². The molecule has 42 heavy (non-hydrogen) atoms. The van der Waals surface area contributed by atoms with Gasteiger partial charge >= 0.3 is 12.1 Å². The van der Waals surface area contributed by atoms with Gasteiger partial charge in [0.05, 0.1) is 24.3 Å². The van der Waals surface area contributed by atoms with Crippen LogP contribution in [0.25, 0.3) is 0 Å². The molecule has 3 fully saturated rings. The van der Waals surface area contributed by atoms with Gasteiger partial charge in [0.1, 0.15) is 17.6 Å². The lowest BCUT2D eigenvalue weighted by molar-refractivity contribution is -0.178. The van der Waals surface area contributed by atoms with Crippen molar-refractivity contribution in [3.63, 3.8) is 0 Å². The Bertz CT molecular complexity index is 1360. The first kappa shape index (κ1) is 29.0. The molecule has 2 saturated heterocycles. The van der Waals surface area contributed by atoms with Gasteiger partial charge in [-0.25, -0.2) is 13.6 Å². The number of hydrogen-bond donors (Lipinski definition) is 1. The third-order valence-electron chi connectivity index (χ3n) is 9.56. The van der Waals surface area contributed by atoms with Gasteiger partial charge in [0.25, 0.3) is 5.91 Å². The number of piperidine rings is 1. The van der Waals surface area contributed by atoms with Crippen LogP contribution >= 0.6 is 0 Å². The molecule has 1 aliphatic carbocycles. The molecule has 0 bridgehead atoms. The Kier molecular flexibility index (Phi) is 7.54. The van der Waals surface area contributed by atoms with Crippen LogP contribution < -0.4 is 0 Å². The van der Waals surface area contributed by atoms with E-state index >= 15 is 4.39 Å². The lowest BCUT2D eigenvalue weighted by atomic mass is 9.83. The molecule has 3 heterocycles. The van der Waals surface area contributed by atoms with Crippen molar-refractivity contribution in [1.29, 1.82) is 0 Å². The summed E-state index contributed by atoms with van der Waals surface area (Å²) in [5.41, 5.74) is -1.09. The Balaban J connectivity index is 1.10. The molecule has 3 atom stereocenters. The number of fused-ring (bicyclic) bond motifs is 1. The zero-order valence-corrected chi connectivity index (χ0v) is 23.0. The molecule has 2 aromatic rings. The second kappa shape index (κ2) is 10.9. The zero-order chi connectivity index (χ0) is 29.8. The van der Waals surface area contributed by atoms with Crippen LogP contribution in [-0.2, 0) is 22.3 Å². The number of aromatic carboxylic acids is 1. The number of hydrogen-bond acceptors (Lipinski definition) is 4. The number of likely N-dealkylation sites (tertiary alicyclic amines) is 1. The van der Waals surface area contributed by atoms with Gasteiger partial charge in [-0.2, -0.15) is 13.2 Å². The highest BCUT2D eigenvalue weighted by Gasteiger charge is 2.56. The standard InChI is InChI=1S/C31H33F5N2O4/c32-26-6-1-19(14-25(26)28(39)40)18-8-11-37(12-9-18)23-7-10-30(42-17-23,21-2-3-21)29(41)38-15-20-13-22(31(34,35)36)4-5-24(20)27(33)16-38/h1,4-6,13-14,18,21,23,27H,2-3,7-12,15-17H2,(H,39,40)/t23-,27?,30+/m1/s1. The van der Waals surface area contributed by atoms with Crippen LogP contribution in [0.4, 0.5) is 22.0 Å². The number of halogens is 5. The van der Waals surface area contributed by atoms with Crippen molar-refractivity contribution in [3.8, 4) is 0 Å². The summed E-state index contributed by atoms with van der Waals surface area (Å²) in [6.07, 6.45) is -1.77. The third kappa shape index (κ3) is 5.41. The largest absolute Gasteiger partial charge is 0.478 e. The minimum absolute atomic E-state index is 0.0135. The molecule has 4 aliphatic rings. The minimum atomic E-state index is -4.56. The van der Waals surface area contributed by atoms with E-state index in [1.807, 2.05) is 0 Å². The SMILES string of the molecule is O=C(O)c1cc(C2CCN([C@@H]3CC[C@@](C(=O)N4Cc5cc(C(F)(F)F)ccc5C(F)C4)(C4CC4)OC3)CC2)ccc1F. The average molecular weight is 593 g/mol. The molecule has 226 valence electrons. The molecular weight excluding hydrogens is 559 g/mol. The van der Waals surface area contributed by atoms with Crippen LogP contribution in [0.15, 0.2) is 36.4 Å². The molecule has 0 radical (unpaired) electrons. The number of rotatable bonds is 5. The van der Waals surface area contributed by atoms with E-state index in [1.165, 1.54) is 23.1 Å². The fraction of sp³-hybridized carbons (Fsp3) is 0.548. The predicted octanol–water partition coefficient (Wildman–Crippen LogP) is 6.10. The van der Waals surface area contributed by atoms with Gasteiger partial charge in [-0.05, 0) is 104 Å². The van der Waals surface area contributed by atoms with Crippen LogP contribution in [0.1, 0.15) is 83.2 Å². The fourth-order valence-electron chi connectivity index (χ4n) is 7.05.